The third kappa shape index (κ3) is 3.58. The summed E-state index contributed by atoms with van der Waals surface area (Å²) in [5.41, 5.74) is 11.8. The van der Waals surface area contributed by atoms with Gasteiger partial charge in [0.15, 0.2) is 0 Å². The maximum Gasteiger partial charge on any atom is 0.341 e. The van der Waals surface area contributed by atoms with Crippen LogP contribution in [0.3, 0.4) is 0 Å². The molecule has 0 unspecified atom stereocenters. The Labute approximate surface area is 119 Å². The molecular weight excluding hydrogens is 276 g/mol. The van der Waals surface area contributed by atoms with E-state index in [2.05, 4.69) is 0 Å². The zero-order chi connectivity index (χ0) is 14.6. The second-order valence-corrected chi connectivity index (χ2v) is 6.39. The van der Waals surface area contributed by atoms with E-state index in [0.29, 0.717) is 26.2 Å². The number of sulfonamides is 1. The van der Waals surface area contributed by atoms with E-state index in [1.807, 2.05) is 30.3 Å². The molecule has 1 aliphatic rings. The summed E-state index contributed by atoms with van der Waals surface area (Å²) in [7, 11) is -3.40. The predicted octanol–water partition coefficient (Wildman–Crippen LogP) is -0.411. The average molecular weight is 295 g/mol. The molecule has 0 saturated carbocycles. The Hall–Kier alpha value is -1.86. The highest BCUT2D eigenvalue weighted by molar-refractivity contribution is 7.92. The summed E-state index contributed by atoms with van der Waals surface area (Å²) in [4.78, 5) is 0. The molecule has 0 bridgehead atoms. The van der Waals surface area contributed by atoms with Crippen LogP contribution < -0.4 is 11.5 Å². The molecule has 0 aliphatic carbocycles. The molecule has 4 N–H and O–H groups in total. The molecule has 0 atom stereocenters. The van der Waals surface area contributed by atoms with Crippen molar-refractivity contribution in [1.82, 2.24) is 4.31 Å². The van der Waals surface area contributed by atoms with Gasteiger partial charge in [0.05, 0.1) is 13.1 Å². The number of guanidine groups is 1. The molecule has 1 saturated heterocycles. The topological polar surface area (TPSA) is 92.4 Å². The first-order valence-corrected chi connectivity index (χ1v) is 7.85. The van der Waals surface area contributed by atoms with Crippen LogP contribution in [0.5, 0.6) is 0 Å². The molecule has 1 heterocycles. The predicted molar refractivity (Wildman–Crippen MR) is 79.3 cm³/mol. The zero-order valence-electron chi connectivity index (χ0n) is 11.1. The highest BCUT2D eigenvalue weighted by Gasteiger charge is 2.25. The van der Waals surface area contributed by atoms with Gasteiger partial charge < -0.3 is 0 Å². The fourth-order valence-corrected chi connectivity index (χ4v) is 3.19. The van der Waals surface area contributed by atoms with E-state index in [0.717, 1.165) is 5.56 Å². The zero-order valence-corrected chi connectivity index (χ0v) is 12.0. The molecule has 7 heteroatoms. The second-order valence-electron chi connectivity index (χ2n) is 4.57. The first kappa shape index (κ1) is 14.5. The van der Waals surface area contributed by atoms with Gasteiger partial charge in [-0.15, -0.1) is 0 Å². The first-order valence-electron chi connectivity index (χ1n) is 6.35. The monoisotopic (exact) mass is 295 g/mol. The van der Waals surface area contributed by atoms with Crippen LogP contribution in [0, 0.1) is 0 Å². The van der Waals surface area contributed by atoms with Crippen molar-refractivity contribution >= 4 is 22.1 Å². The van der Waals surface area contributed by atoms with Crippen molar-refractivity contribution in [3.05, 3.63) is 41.3 Å². The van der Waals surface area contributed by atoms with Gasteiger partial charge in [-0.3, -0.25) is 16.0 Å². The van der Waals surface area contributed by atoms with Gasteiger partial charge in [0.2, 0.25) is 10.0 Å². The Morgan fingerprint density at radius 2 is 1.75 bits per heavy atom. The van der Waals surface area contributed by atoms with Crippen molar-refractivity contribution in [2.45, 2.75) is 0 Å². The average Bonchev–Trinajstić information content (AvgIpc) is 2.46. The Morgan fingerprint density at radius 3 is 2.30 bits per heavy atom. The van der Waals surface area contributed by atoms with Crippen molar-refractivity contribution in [1.29, 1.82) is 0 Å². The van der Waals surface area contributed by atoms with Crippen LogP contribution in [0.15, 0.2) is 35.7 Å². The number of piperazine rings is 1. The van der Waals surface area contributed by atoms with Crippen molar-refractivity contribution in [2.24, 2.45) is 11.5 Å². The quantitative estimate of drug-likeness (QED) is 0.585. The molecule has 0 radical (unpaired) electrons. The van der Waals surface area contributed by atoms with Gasteiger partial charge in [0.1, 0.15) is 0 Å². The number of nitrogens with zero attached hydrogens (tertiary/aromatic N) is 2. The third-order valence-corrected chi connectivity index (χ3v) is 4.76. The summed E-state index contributed by atoms with van der Waals surface area (Å²) in [5.74, 6) is 0.238. The Balaban J connectivity index is 2.05. The van der Waals surface area contributed by atoms with Crippen LogP contribution in [0.1, 0.15) is 5.56 Å². The summed E-state index contributed by atoms with van der Waals surface area (Å²) < 4.78 is 27.6. The number of rotatable bonds is 3. The molecule has 108 valence electrons. The molecule has 1 fully saturated rings. The summed E-state index contributed by atoms with van der Waals surface area (Å²) in [6.07, 6.45) is 1.60. The van der Waals surface area contributed by atoms with E-state index < -0.39 is 10.0 Å². The Morgan fingerprint density at radius 1 is 1.15 bits per heavy atom. The number of hydrogen-bond acceptors (Lipinski definition) is 2. The van der Waals surface area contributed by atoms with Gasteiger partial charge in [0, 0.05) is 18.5 Å². The minimum absolute atomic E-state index is 0.238. The lowest BCUT2D eigenvalue weighted by molar-refractivity contribution is -0.538. The molecular formula is C13H19N4O2S+. The van der Waals surface area contributed by atoms with Crippen molar-refractivity contribution in [3.63, 3.8) is 0 Å². The van der Waals surface area contributed by atoms with Crippen molar-refractivity contribution in [2.75, 3.05) is 26.2 Å². The van der Waals surface area contributed by atoms with Crippen molar-refractivity contribution in [3.8, 4) is 0 Å². The van der Waals surface area contributed by atoms with E-state index in [-0.39, 0.29) is 5.96 Å². The molecule has 1 aromatic carbocycles. The van der Waals surface area contributed by atoms with Crippen molar-refractivity contribution < 1.29 is 13.0 Å². The molecule has 20 heavy (non-hydrogen) atoms. The number of nitrogens with two attached hydrogens (primary N) is 2. The second kappa shape index (κ2) is 6.06. The first-order chi connectivity index (χ1) is 9.49. The highest BCUT2D eigenvalue weighted by atomic mass is 32.2. The smallest absolute Gasteiger partial charge is 0.291 e. The normalized spacial score (nSPS) is 17.5. The molecule has 0 spiro atoms. The fourth-order valence-electron chi connectivity index (χ4n) is 2.02. The van der Waals surface area contributed by atoms with E-state index in [4.69, 9.17) is 11.5 Å². The third-order valence-electron chi connectivity index (χ3n) is 3.20. The molecule has 1 aromatic rings. The maximum atomic E-state index is 12.2. The standard InChI is InChI=1S/C13H18N4O2S/c14-13(15)16-7-9-17(10-8-16)20(18,19)11-6-12-4-2-1-3-5-12/h1-6,11H,7-10H2,(H3,14,15)/p+1/b11-6+. The van der Waals surface area contributed by atoms with Gasteiger partial charge in [-0.1, -0.05) is 30.3 Å². The molecule has 0 amide bonds. The fraction of sp³-hybridized carbons (Fsp3) is 0.308. The largest absolute Gasteiger partial charge is 0.341 e. The van der Waals surface area contributed by atoms with E-state index in [1.54, 1.807) is 10.7 Å². The van der Waals surface area contributed by atoms with Crippen LogP contribution in [0.4, 0.5) is 0 Å². The Bertz CT molecular complexity index is 609. The van der Waals surface area contributed by atoms with Gasteiger partial charge in [0.25, 0.3) is 0 Å². The Kier molecular flexibility index (Phi) is 4.41. The van der Waals surface area contributed by atoms with E-state index in [1.165, 1.54) is 9.71 Å². The number of hydrogen-bond donors (Lipinski definition) is 2. The minimum atomic E-state index is -3.40. The highest BCUT2D eigenvalue weighted by Crippen LogP contribution is 2.09. The number of benzene rings is 1. The van der Waals surface area contributed by atoms with Crippen LogP contribution in [-0.2, 0) is 10.0 Å². The van der Waals surface area contributed by atoms with Crippen LogP contribution in [-0.4, -0.2) is 49.4 Å². The summed E-state index contributed by atoms with van der Waals surface area (Å²) in [5, 5.41) is 1.24. The summed E-state index contributed by atoms with van der Waals surface area (Å²) >= 11 is 0. The molecule has 6 nitrogen and oxygen atoms in total. The van der Waals surface area contributed by atoms with Crippen LogP contribution in [0.2, 0.25) is 0 Å². The van der Waals surface area contributed by atoms with Gasteiger partial charge in [-0.2, -0.15) is 4.31 Å². The van der Waals surface area contributed by atoms with Crippen LogP contribution in [0.25, 0.3) is 6.08 Å². The maximum absolute atomic E-state index is 12.2. The summed E-state index contributed by atoms with van der Waals surface area (Å²) in [6, 6.07) is 9.33. The lowest BCUT2D eigenvalue weighted by atomic mass is 10.2. The van der Waals surface area contributed by atoms with Gasteiger partial charge in [-0.25, -0.2) is 8.42 Å². The van der Waals surface area contributed by atoms with Gasteiger partial charge >= 0.3 is 5.96 Å². The van der Waals surface area contributed by atoms with E-state index >= 15 is 0 Å². The molecule has 0 aromatic heterocycles. The molecule has 2 rings (SSSR count). The molecule has 1 aliphatic heterocycles. The summed E-state index contributed by atoms with van der Waals surface area (Å²) in [6.45, 7) is 1.81. The lowest BCUT2D eigenvalue weighted by Gasteiger charge is -2.26. The van der Waals surface area contributed by atoms with E-state index in [9.17, 15) is 8.42 Å². The SMILES string of the molecule is NC(N)=[N+]1CCN(S(=O)(=O)/C=C/c2ccccc2)CC1. The van der Waals surface area contributed by atoms with Crippen LogP contribution >= 0.6 is 0 Å². The van der Waals surface area contributed by atoms with Gasteiger partial charge in [-0.05, 0) is 11.6 Å². The minimum Gasteiger partial charge on any atom is -0.291 e. The lowest BCUT2D eigenvalue weighted by Crippen LogP contribution is -2.49.